The minimum Gasteiger partial charge on any atom is -0.497 e. The van der Waals surface area contributed by atoms with Crippen molar-refractivity contribution in [3.63, 3.8) is 0 Å². The number of fused-ring (bicyclic) bond motifs is 1. The van der Waals surface area contributed by atoms with E-state index in [0.717, 1.165) is 42.9 Å². The molecule has 38 heavy (non-hydrogen) atoms. The molecule has 2 heterocycles. The van der Waals surface area contributed by atoms with E-state index in [0.29, 0.717) is 19.6 Å². The summed E-state index contributed by atoms with van der Waals surface area (Å²) < 4.78 is 5.36. The average Bonchev–Trinajstić information content (AvgIpc) is 3.36. The number of nitrogens with one attached hydrogen (secondary N) is 4. The maximum atomic E-state index is 13.4. The Morgan fingerprint density at radius 2 is 1.92 bits per heavy atom. The van der Waals surface area contributed by atoms with Gasteiger partial charge in [-0.3, -0.25) is 9.69 Å². The second-order valence-corrected chi connectivity index (χ2v) is 9.91. The third-order valence-corrected chi connectivity index (χ3v) is 7.25. The van der Waals surface area contributed by atoms with Crippen LogP contribution in [0.3, 0.4) is 0 Å². The summed E-state index contributed by atoms with van der Waals surface area (Å²) in [5.41, 5.74) is 4.71. The molecule has 3 aromatic carbocycles. The fourth-order valence-electron chi connectivity index (χ4n) is 5.31. The van der Waals surface area contributed by atoms with Gasteiger partial charge in [0.25, 0.3) is 0 Å². The number of benzene rings is 3. The van der Waals surface area contributed by atoms with Crippen molar-refractivity contribution in [2.45, 2.75) is 25.0 Å². The van der Waals surface area contributed by atoms with E-state index < -0.39 is 0 Å². The van der Waals surface area contributed by atoms with Gasteiger partial charge in [-0.25, -0.2) is 0 Å². The topological polar surface area (TPSA) is 81.4 Å². The number of amides is 1. The molecule has 2 atom stereocenters. The summed E-state index contributed by atoms with van der Waals surface area (Å²) in [6.45, 7) is 4.31. The SMILES string of the molecule is COc1cccc(CNCC(Cc2c[nH]c3ccccc23)NC(=O)CN2CCNCC2c2ccccc2)c1. The van der Waals surface area contributed by atoms with E-state index in [9.17, 15) is 4.79 Å². The lowest BCUT2D eigenvalue weighted by atomic mass is 10.0. The van der Waals surface area contributed by atoms with Crippen molar-refractivity contribution in [2.24, 2.45) is 0 Å². The number of nitrogens with zero attached hydrogens (tertiary/aromatic N) is 1. The summed E-state index contributed by atoms with van der Waals surface area (Å²) in [4.78, 5) is 19.0. The summed E-state index contributed by atoms with van der Waals surface area (Å²) in [7, 11) is 1.68. The molecule has 1 amide bonds. The Balaban J connectivity index is 1.26. The van der Waals surface area contributed by atoms with Gasteiger partial charge in [0.15, 0.2) is 0 Å². The first-order valence-corrected chi connectivity index (χ1v) is 13.4. The molecule has 7 heteroatoms. The van der Waals surface area contributed by atoms with Crippen LogP contribution >= 0.6 is 0 Å². The van der Waals surface area contributed by atoms with Gasteiger partial charge in [0.1, 0.15) is 5.75 Å². The Bertz CT molecular complexity index is 1320. The number of methoxy groups -OCH3 is 1. The number of aromatic nitrogens is 1. The van der Waals surface area contributed by atoms with Crippen molar-refractivity contribution in [3.8, 4) is 5.75 Å². The molecule has 198 valence electrons. The van der Waals surface area contributed by atoms with Gasteiger partial charge in [-0.2, -0.15) is 0 Å². The second kappa shape index (κ2) is 12.7. The number of H-pyrrole nitrogens is 1. The molecule has 0 spiro atoms. The quantitative estimate of drug-likeness (QED) is 0.247. The highest BCUT2D eigenvalue weighted by Gasteiger charge is 2.26. The Morgan fingerprint density at radius 1 is 1.08 bits per heavy atom. The minimum absolute atomic E-state index is 0.0506. The van der Waals surface area contributed by atoms with Gasteiger partial charge in [0, 0.05) is 61.9 Å². The summed E-state index contributed by atoms with van der Waals surface area (Å²) >= 11 is 0. The summed E-state index contributed by atoms with van der Waals surface area (Å²) in [5, 5.41) is 11.6. The fraction of sp³-hybridized carbons (Fsp3) is 0.323. The van der Waals surface area contributed by atoms with Crippen molar-refractivity contribution in [1.29, 1.82) is 0 Å². The Morgan fingerprint density at radius 3 is 2.79 bits per heavy atom. The van der Waals surface area contributed by atoms with Gasteiger partial charge in [0.2, 0.25) is 5.91 Å². The number of hydrogen-bond donors (Lipinski definition) is 4. The number of carbonyl (C=O) groups is 1. The van der Waals surface area contributed by atoms with Gasteiger partial charge >= 0.3 is 0 Å². The van der Waals surface area contributed by atoms with Gasteiger partial charge in [-0.1, -0.05) is 60.7 Å². The number of para-hydroxylation sites is 1. The second-order valence-electron chi connectivity index (χ2n) is 9.91. The van der Waals surface area contributed by atoms with E-state index in [-0.39, 0.29) is 18.0 Å². The third-order valence-electron chi connectivity index (χ3n) is 7.25. The normalized spacial score (nSPS) is 16.8. The predicted molar refractivity (Wildman–Crippen MR) is 152 cm³/mol. The summed E-state index contributed by atoms with van der Waals surface area (Å²) in [6, 6.07) is 27.0. The van der Waals surface area contributed by atoms with Gasteiger partial charge < -0.3 is 25.7 Å². The molecular formula is C31H37N5O2. The third kappa shape index (κ3) is 6.61. The van der Waals surface area contributed by atoms with Crippen molar-refractivity contribution >= 4 is 16.8 Å². The molecule has 7 nitrogen and oxygen atoms in total. The zero-order chi connectivity index (χ0) is 26.2. The van der Waals surface area contributed by atoms with Crippen molar-refractivity contribution in [1.82, 2.24) is 25.8 Å². The molecule has 0 aliphatic carbocycles. The molecule has 0 bridgehead atoms. The number of ether oxygens (including phenoxy) is 1. The lowest BCUT2D eigenvalue weighted by molar-refractivity contribution is -0.123. The molecule has 0 radical (unpaired) electrons. The van der Waals surface area contributed by atoms with Crippen LogP contribution in [-0.2, 0) is 17.8 Å². The first kappa shape index (κ1) is 26.0. The lowest BCUT2D eigenvalue weighted by Crippen LogP contribution is -2.52. The highest BCUT2D eigenvalue weighted by Crippen LogP contribution is 2.22. The summed E-state index contributed by atoms with van der Waals surface area (Å²) in [6.07, 6.45) is 2.80. The van der Waals surface area contributed by atoms with E-state index >= 15 is 0 Å². The first-order valence-electron chi connectivity index (χ1n) is 13.4. The monoisotopic (exact) mass is 511 g/mol. The van der Waals surface area contributed by atoms with Crippen molar-refractivity contribution < 1.29 is 9.53 Å². The molecule has 2 unspecified atom stereocenters. The van der Waals surface area contributed by atoms with Crippen molar-refractivity contribution in [2.75, 3.05) is 39.8 Å². The van der Waals surface area contributed by atoms with Crippen LogP contribution in [0.25, 0.3) is 10.9 Å². The Kier molecular flexibility index (Phi) is 8.71. The smallest absolute Gasteiger partial charge is 0.234 e. The van der Waals surface area contributed by atoms with Crippen LogP contribution in [0.1, 0.15) is 22.7 Å². The zero-order valence-corrected chi connectivity index (χ0v) is 22.0. The molecule has 0 saturated carbocycles. The van der Waals surface area contributed by atoms with Crippen LogP contribution in [0.2, 0.25) is 0 Å². The number of piperazine rings is 1. The maximum absolute atomic E-state index is 13.4. The molecule has 1 aromatic heterocycles. The van der Waals surface area contributed by atoms with E-state index in [1.165, 1.54) is 16.5 Å². The van der Waals surface area contributed by atoms with E-state index in [1.54, 1.807) is 7.11 Å². The van der Waals surface area contributed by atoms with Gasteiger partial charge in [0.05, 0.1) is 13.7 Å². The standard InChI is InChI=1S/C31H37N5O2/c1-38-27-11-7-8-23(16-27)18-33-20-26(17-25-19-34-29-13-6-5-12-28(25)29)35-31(37)22-36-15-14-32-21-30(36)24-9-3-2-4-10-24/h2-13,16,19,26,30,32-34H,14-15,17-18,20-22H2,1H3,(H,35,37). The van der Waals surface area contributed by atoms with Gasteiger partial charge in [-0.05, 0) is 41.3 Å². The molecule has 4 aromatic rings. The van der Waals surface area contributed by atoms with E-state index in [2.05, 4.69) is 80.6 Å². The van der Waals surface area contributed by atoms with Crippen LogP contribution < -0.4 is 20.7 Å². The highest BCUT2D eigenvalue weighted by atomic mass is 16.5. The Labute approximate surface area is 224 Å². The van der Waals surface area contributed by atoms with Crippen molar-refractivity contribution in [3.05, 3.63) is 102 Å². The van der Waals surface area contributed by atoms with Crippen LogP contribution in [-0.4, -0.2) is 61.7 Å². The van der Waals surface area contributed by atoms with E-state index in [1.807, 2.05) is 30.3 Å². The molecule has 1 aliphatic rings. The maximum Gasteiger partial charge on any atom is 0.234 e. The molecule has 1 saturated heterocycles. The fourth-order valence-corrected chi connectivity index (χ4v) is 5.31. The number of hydrogen-bond acceptors (Lipinski definition) is 5. The predicted octanol–water partition coefficient (Wildman–Crippen LogP) is 3.64. The first-order chi connectivity index (χ1) is 18.7. The van der Waals surface area contributed by atoms with Crippen LogP contribution in [0.4, 0.5) is 0 Å². The minimum atomic E-state index is -0.0506. The zero-order valence-electron chi connectivity index (χ0n) is 22.0. The molecule has 1 fully saturated rings. The molecule has 1 aliphatic heterocycles. The lowest BCUT2D eigenvalue weighted by Gasteiger charge is -2.36. The number of carbonyl (C=O) groups excluding carboxylic acids is 1. The molecule has 5 rings (SSSR count). The number of rotatable bonds is 11. The van der Waals surface area contributed by atoms with Crippen LogP contribution in [0, 0.1) is 0 Å². The molecular weight excluding hydrogens is 474 g/mol. The van der Waals surface area contributed by atoms with Crippen LogP contribution in [0.15, 0.2) is 85.1 Å². The van der Waals surface area contributed by atoms with E-state index in [4.69, 9.17) is 4.74 Å². The largest absolute Gasteiger partial charge is 0.497 e. The van der Waals surface area contributed by atoms with Gasteiger partial charge in [-0.15, -0.1) is 0 Å². The Hall–Kier alpha value is -3.65. The average molecular weight is 512 g/mol. The van der Waals surface area contributed by atoms with Crippen LogP contribution in [0.5, 0.6) is 5.75 Å². The summed E-state index contributed by atoms with van der Waals surface area (Å²) in [5.74, 6) is 0.901. The molecule has 4 N–H and O–H groups in total. The number of aromatic amines is 1. The highest BCUT2D eigenvalue weighted by molar-refractivity contribution is 5.83.